The number of aryl methyl sites for hydroxylation is 2. The van der Waals surface area contributed by atoms with Gasteiger partial charge in [0.2, 0.25) is 0 Å². The first kappa shape index (κ1) is 11.3. The van der Waals surface area contributed by atoms with Crippen molar-refractivity contribution in [3.63, 3.8) is 0 Å². The minimum absolute atomic E-state index is 0.667. The van der Waals surface area contributed by atoms with Crippen LogP contribution in [-0.2, 0) is 6.42 Å². The molecule has 1 nitrogen and oxygen atoms in total. The van der Waals surface area contributed by atoms with Crippen molar-refractivity contribution in [2.75, 3.05) is 6.54 Å². The maximum atomic E-state index is 5.57. The molecular weight excluding hydrogens is 170 g/mol. The Labute approximate surface area is 87.3 Å². The Bertz CT molecular complexity index is 250. The normalized spacial score (nSPS) is 12.8. The highest BCUT2D eigenvalue weighted by Crippen LogP contribution is 2.10. The van der Waals surface area contributed by atoms with Gasteiger partial charge in [-0.15, -0.1) is 0 Å². The zero-order valence-electron chi connectivity index (χ0n) is 9.29. The van der Waals surface area contributed by atoms with Crippen LogP contribution in [0.25, 0.3) is 0 Å². The van der Waals surface area contributed by atoms with Gasteiger partial charge in [-0.2, -0.15) is 0 Å². The second kappa shape index (κ2) is 5.82. The molecule has 1 aromatic rings. The van der Waals surface area contributed by atoms with E-state index < -0.39 is 0 Å². The molecule has 1 unspecified atom stereocenters. The van der Waals surface area contributed by atoms with Gasteiger partial charge in [-0.05, 0) is 44.2 Å². The van der Waals surface area contributed by atoms with E-state index in [4.69, 9.17) is 5.73 Å². The van der Waals surface area contributed by atoms with Gasteiger partial charge in [0, 0.05) is 0 Å². The minimum atomic E-state index is 0.667. The van der Waals surface area contributed by atoms with E-state index in [9.17, 15) is 0 Å². The predicted molar refractivity (Wildman–Crippen MR) is 62.3 cm³/mol. The van der Waals surface area contributed by atoms with E-state index in [-0.39, 0.29) is 0 Å². The lowest BCUT2D eigenvalue weighted by Gasteiger charge is -2.07. The van der Waals surface area contributed by atoms with Crippen LogP contribution in [0.4, 0.5) is 0 Å². The van der Waals surface area contributed by atoms with Gasteiger partial charge in [0.25, 0.3) is 0 Å². The molecule has 1 heteroatoms. The summed E-state index contributed by atoms with van der Waals surface area (Å²) < 4.78 is 0. The standard InChI is InChI=1S/C13H21N/c1-11-6-8-13(9-7-11)5-3-4-12(2)10-14/h6-9,12H,3-5,10,14H2,1-2H3. The highest BCUT2D eigenvalue weighted by atomic mass is 14.5. The van der Waals surface area contributed by atoms with Crippen LogP contribution >= 0.6 is 0 Å². The first-order valence-electron chi connectivity index (χ1n) is 5.48. The summed E-state index contributed by atoms with van der Waals surface area (Å²) in [6.45, 7) is 5.16. The van der Waals surface area contributed by atoms with Crippen LogP contribution < -0.4 is 5.73 Å². The monoisotopic (exact) mass is 191 g/mol. The highest BCUT2D eigenvalue weighted by Gasteiger charge is 1.99. The van der Waals surface area contributed by atoms with Crippen LogP contribution in [0.3, 0.4) is 0 Å². The molecule has 78 valence electrons. The Kier molecular flexibility index (Phi) is 4.68. The fourth-order valence-electron chi connectivity index (χ4n) is 1.53. The fourth-order valence-corrected chi connectivity index (χ4v) is 1.53. The average Bonchev–Trinajstić information content (AvgIpc) is 2.21. The van der Waals surface area contributed by atoms with Gasteiger partial charge in [-0.3, -0.25) is 0 Å². The molecule has 0 saturated carbocycles. The molecule has 0 aliphatic rings. The molecule has 0 bridgehead atoms. The van der Waals surface area contributed by atoms with Gasteiger partial charge < -0.3 is 5.73 Å². The molecule has 0 amide bonds. The second-order valence-electron chi connectivity index (χ2n) is 4.22. The number of hydrogen-bond donors (Lipinski definition) is 1. The molecule has 0 aromatic heterocycles. The van der Waals surface area contributed by atoms with Gasteiger partial charge in [0.1, 0.15) is 0 Å². The minimum Gasteiger partial charge on any atom is -0.330 e. The van der Waals surface area contributed by atoms with Crippen LogP contribution in [0.5, 0.6) is 0 Å². The molecule has 1 rings (SSSR count). The number of hydrogen-bond acceptors (Lipinski definition) is 1. The third kappa shape index (κ3) is 3.93. The lowest BCUT2D eigenvalue weighted by Crippen LogP contribution is -2.10. The quantitative estimate of drug-likeness (QED) is 0.761. The second-order valence-corrected chi connectivity index (χ2v) is 4.22. The predicted octanol–water partition coefficient (Wildman–Crippen LogP) is 2.91. The summed E-state index contributed by atoms with van der Waals surface area (Å²) in [5.74, 6) is 0.667. The van der Waals surface area contributed by atoms with E-state index in [0.29, 0.717) is 5.92 Å². The average molecular weight is 191 g/mol. The summed E-state index contributed by atoms with van der Waals surface area (Å²) in [6, 6.07) is 8.81. The Hall–Kier alpha value is -0.820. The topological polar surface area (TPSA) is 26.0 Å². The van der Waals surface area contributed by atoms with Crippen molar-refractivity contribution < 1.29 is 0 Å². The van der Waals surface area contributed by atoms with Crippen molar-refractivity contribution in [2.24, 2.45) is 11.7 Å². The summed E-state index contributed by atoms with van der Waals surface area (Å²) in [7, 11) is 0. The zero-order chi connectivity index (χ0) is 10.4. The third-order valence-corrected chi connectivity index (χ3v) is 2.69. The molecule has 0 spiro atoms. The lowest BCUT2D eigenvalue weighted by atomic mass is 10.0. The molecule has 14 heavy (non-hydrogen) atoms. The highest BCUT2D eigenvalue weighted by molar-refractivity contribution is 5.21. The zero-order valence-corrected chi connectivity index (χ0v) is 9.29. The molecule has 2 N–H and O–H groups in total. The lowest BCUT2D eigenvalue weighted by molar-refractivity contribution is 0.520. The SMILES string of the molecule is Cc1ccc(CCCC(C)CN)cc1. The van der Waals surface area contributed by atoms with Crippen LogP contribution in [0.2, 0.25) is 0 Å². The van der Waals surface area contributed by atoms with Crippen LogP contribution in [0, 0.1) is 12.8 Å². The Morgan fingerprint density at radius 1 is 1.21 bits per heavy atom. The Balaban J connectivity index is 2.28. The van der Waals surface area contributed by atoms with Gasteiger partial charge >= 0.3 is 0 Å². The number of nitrogens with two attached hydrogens (primary N) is 1. The third-order valence-electron chi connectivity index (χ3n) is 2.69. The Morgan fingerprint density at radius 2 is 1.86 bits per heavy atom. The van der Waals surface area contributed by atoms with Gasteiger partial charge in [-0.1, -0.05) is 36.8 Å². The van der Waals surface area contributed by atoms with E-state index in [1.165, 1.54) is 30.4 Å². The summed E-state index contributed by atoms with van der Waals surface area (Å²) in [5, 5.41) is 0. The smallest absolute Gasteiger partial charge is 0.00515 e. The molecular formula is C13H21N. The van der Waals surface area contributed by atoms with Gasteiger partial charge in [-0.25, -0.2) is 0 Å². The maximum Gasteiger partial charge on any atom is -0.00515 e. The van der Waals surface area contributed by atoms with E-state index in [0.717, 1.165) is 6.54 Å². The van der Waals surface area contributed by atoms with Crippen molar-refractivity contribution in [3.05, 3.63) is 35.4 Å². The number of benzene rings is 1. The first-order valence-corrected chi connectivity index (χ1v) is 5.48. The van der Waals surface area contributed by atoms with Gasteiger partial charge in [0.05, 0.1) is 0 Å². The summed E-state index contributed by atoms with van der Waals surface area (Å²) in [6.07, 6.45) is 3.68. The maximum absolute atomic E-state index is 5.57. The molecule has 0 fully saturated rings. The Morgan fingerprint density at radius 3 is 2.43 bits per heavy atom. The number of rotatable bonds is 5. The summed E-state index contributed by atoms with van der Waals surface area (Å²) in [5.41, 5.74) is 8.35. The molecule has 0 radical (unpaired) electrons. The van der Waals surface area contributed by atoms with E-state index in [1.54, 1.807) is 0 Å². The van der Waals surface area contributed by atoms with Crippen molar-refractivity contribution >= 4 is 0 Å². The van der Waals surface area contributed by atoms with Crippen LogP contribution in [0.1, 0.15) is 30.9 Å². The first-order chi connectivity index (χ1) is 6.72. The molecule has 0 aliphatic carbocycles. The van der Waals surface area contributed by atoms with E-state index >= 15 is 0 Å². The van der Waals surface area contributed by atoms with Gasteiger partial charge in [0.15, 0.2) is 0 Å². The van der Waals surface area contributed by atoms with Crippen molar-refractivity contribution in [1.82, 2.24) is 0 Å². The summed E-state index contributed by atoms with van der Waals surface area (Å²) in [4.78, 5) is 0. The molecule has 1 aromatic carbocycles. The van der Waals surface area contributed by atoms with Crippen LogP contribution in [-0.4, -0.2) is 6.54 Å². The van der Waals surface area contributed by atoms with Crippen molar-refractivity contribution in [2.45, 2.75) is 33.1 Å². The molecule has 1 atom stereocenters. The summed E-state index contributed by atoms with van der Waals surface area (Å²) >= 11 is 0. The fraction of sp³-hybridized carbons (Fsp3) is 0.538. The largest absolute Gasteiger partial charge is 0.330 e. The van der Waals surface area contributed by atoms with Crippen molar-refractivity contribution in [1.29, 1.82) is 0 Å². The molecule has 0 aliphatic heterocycles. The molecule has 0 saturated heterocycles. The van der Waals surface area contributed by atoms with Crippen LogP contribution in [0.15, 0.2) is 24.3 Å². The van der Waals surface area contributed by atoms with E-state index in [1.807, 2.05) is 0 Å². The van der Waals surface area contributed by atoms with E-state index in [2.05, 4.69) is 38.1 Å². The molecule has 0 heterocycles. The van der Waals surface area contributed by atoms with Crippen molar-refractivity contribution in [3.8, 4) is 0 Å².